The highest BCUT2D eigenvalue weighted by molar-refractivity contribution is 5.91. The van der Waals surface area contributed by atoms with Gasteiger partial charge in [-0.15, -0.1) is 0 Å². The number of ether oxygens (including phenoxy) is 2. The second-order valence-electron chi connectivity index (χ2n) is 6.09. The lowest BCUT2D eigenvalue weighted by molar-refractivity contribution is 0.0565. The van der Waals surface area contributed by atoms with Gasteiger partial charge in [0.15, 0.2) is 11.5 Å². The van der Waals surface area contributed by atoms with Crippen molar-refractivity contribution in [2.24, 2.45) is 5.41 Å². The van der Waals surface area contributed by atoms with E-state index in [1.807, 2.05) is 20.8 Å². The van der Waals surface area contributed by atoms with Crippen LogP contribution in [0.4, 0.5) is 10.5 Å². The predicted molar refractivity (Wildman–Crippen MR) is 86.6 cm³/mol. The molecule has 0 aliphatic rings. The molecule has 3 N–H and O–H groups in total. The van der Waals surface area contributed by atoms with Gasteiger partial charge in [-0.1, -0.05) is 26.8 Å². The van der Waals surface area contributed by atoms with E-state index < -0.39 is 6.10 Å². The number of methoxy groups -OCH3 is 2. The highest BCUT2D eigenvalue weighted by Crippen LogP contribution is 2.34. The molecule has 0 aromatic heterocycles. The van der Waals surface area contributed by atoms with E-state index >= 15 is 0 Å². The summed E-state index contributed by atoms with van der Waals surface area (Å²) in [5.74, 6) is 1.01. The van der Waals surface area contributed by atoms with Gasteiger partial charge < -0.3 is 25.2 Å². The van der Waals surface area contributed by atoms with Crippen molar-refractivity contribution >= 4 is 11.7 Å². The molecule has 1 atom stereocenters. The molecular formula is C16H26N2O4. The minimum absolute atomic E-state index is 0.200. The zero-order chi connectivity index (χ0) is 16.8. The van der Waals surface area contributed by atoms with Gasteiger partial charge in [-0.3, -0.25) is 0 Å². The van der Waals surface area contributed by atoms with Crippen molar-refractivity contribution in [2.45, 2.75) is 33.3 Å². The van der Waals surface area contributed by atoms with E-state index in [1.54, 1.807) is 18.2 Å². The number of urea groups is 1. The zero-order valence-corrected chi connectivity index (χ0v) is 13.9. The van der Waals surface area contributed by atoms with Gasteiger partial charge in [-0.2, -0.15) is 0 Å². The number of carbonyl (C=O) groups excluding carboxylic acids is 1. The molecule has 1 aromatic carbocycles. The van der Waals surface area contributed by atoms with Gasteiger partial charge in [0.25, 0.3) is 0 Å². The van der Waals surface area contributed by atoms with Gasteiger partial charge >= 0.3 is 6.03 Å². The number of anilines is 1. The van der Waals surface area contributed by atoms with Crippen molar-refractivity contribution in [1.29, 1.82) is 0 Å². The Bertz CT molecular complexity index is 497. The predicted octanol–water partition coefficient (Wildman–Crippen LogP) is 2.62. The van der Waals surface area contributed by atoms with E-state index in [1.165, 1.54) is 14.2 Å². The Morgan fingerprint density at radius 2 is 1.95 bits per heavy atom. The van der Waals surface area contributed by atoms with Gasteiger partial charge in [0, 0.05) is 6.54 Å². The van der Waals surface area contributed by atoms with Crippen LogP contribution in [-0.2, 0) is 0 Å². The fourth-order valence-corrected chi connectivity index (χ4v) is 1.91. The van der Waals surface area contributed by atoms with E-state index in [0.29, 0.717) is 30.2 Å². The molecule has 22 heavy (non-hydrogen) atoms. The topological polar surface area (TPSA) is 79.8 Å². The molecule has 0 radical (unpaired) electrons. The van der Waals surface area contributed by atoms with E-state index in [0.717, 1.165) is 0 Å². The Hall–Kier alpha value is -1.95. The summed E-state index contributed by atoms with van der Waals surface area (Å²) in [4.78, 5) is 11.9. The average molecular weight is 310 g/mol. The van der Waals surface area contributed by atoms with Crippen LogP contribution in [0.25, 0.3) is 0 Å². The van der Waals surface area contributed by atoms with Crippen LogP contribution in [0.15, 0.2) is 18.2 Å². The summed E-state index contributed by atoms with van der Waals surface area (Å²) >= 11 is 0. The lowest BCUT2D eigenvalue weighted by atomic mass is 9.87. The number of para-hydroxylation sites is 1. The van der Waals surface area contributed by atoms with Crippen LogP contribution in [0, 0.1) is 5.41 Å². The molecule has 2 amide bonds. The molecule has 124 valence electrons. The Balaban J connectivity index is 2.56. The zero-order valence-electron chi connectivity index (χ0n) is 13.9. The molecule has 0 spiro atoms. The first-order valence-electron chi connectivity index (χ1n) is 7.23. The summed E-state index contributed by atoms with van der Waals surface area (Å²) in [7, 11) is 3.05. The Kier molecular flexibility index (Phi) is 6.49. The van der Waals surface area contributed by atoms with Crippen LogP contribution in [-0.4, -0.2) is 38.0 Å². The monoisotopic (exact) mass is 310 g/mol. The number of rotatable bonds is 6. The number of benzene rings is 1. The average Bonchev–Trinajstić information content (AvgIpc) is 2.45. The fraction of sp³-hybridized carbons (Fsp3) is 0.562. The van der Waals surface area contributed by atoms with Crippen LogP contribution in [0.3, 0.4) is 0 Å². The van der Waals surface area contributed by atoms with Crippen molar-refractivity contribution < 1.29 is 19.4 Å². The first kappa shape index (κ1) is 18.1. The normalized spacial score (nSPS) is 12.5. The number of aliphatic hydroxyl groups is 1. The van der Waals surface area contributed by atoms with Crippen molar-refractivity contribution in [2.75, 3.05) is 26.1 Å². The lowest BCUT2D eigenvalue weighted by Crippen LogP contribution is -2.34. The summed E-state index contributed by atoms with van der Waals surface area (Å²) in [5, 5.41) is 15.4. The van der Waals surface area contributed by atoms with Gasteiger partial charge in [-0.05, 0) is 24.0 Å². The van der Waals surface area contributed by atoms with Crippen LogP contribution < -0.4 is 20.1 Å². The van der Waals surface area contributed by atoms with Crippen molar-refractivity contribution in [1.82, 2.24) is 5.32 Å². The first-order valence-corrected chi connectivity index (χ1v) is 7.23. The standard InChI is InChI=1S/C16H26N2O4/c1-16(2,3)13(19)9-10-17-15(20)18-11-7-6-8-12(21-4)14(11)22-5/h6-8,13,19H,9-10H2,1-5H3,(H2,17,18,20)/t13-/m1/s1. The van der Waals surface area contributed by atoms with Gasteiger partial charge in [0.1, 0.15) is 0 Å². The van der Waals surface area contributed by atoms with Crippen molar-refractivity contribution in [3.8, 4) is 11.5 Å². The highest BCUT2D eigenvalue weighted by Gasteiger charge is 2.21. The third-order valence-electron chi connectivity index (χ3n) is 3.35. The summed E-state index contributed by atoms with van der Waals surface area (Å²) < 4.78 is 10.4. The number of amides is 2. The van der Waals surface area contributed by atoms with E-state index in [2.05, 4.69) is 10.6 Å². The third-order valence-corrected chi connectivity index (χ3v) is 3.35. The maximum atomic E-state index is 11.9. The Morgan fingerprint density at radius 3 is 2.50 bits per heavy atom. The molecule has 6 nitrogen and oxygen atoms in total. The molecule has 0 aliphatic carbocycles. The molecule has 0 saturated carbocycles. The number of aliphatic hydroxyl groups excluding tert-OH is 1. The van der Waals surface area contributed by atoms with Gasteiger partial charge in [0.2, 0.25) is 0 Å². The smallest absolute Gasteiger partial charge is 0.319 e. The van der Waals surface area contributed by atoms with Crippen LogP contribution in [0.1, 0.15) is 27.2 Å². The first-order chi connectivity index (χ1) is 10.3. The molecule has 0 aliphatic heterocycles. The van der Waals surface area contributed by atoms with E-state index in [9.17, 15) is 9.90 Å². The van der Waals surface area contributed by atoms with Crippen LogP contribution in [0.5, 0.6) is 11.5 Å². The quantitative estimate of drug-likeness (QED) is 0.754. The Morgan fingerprint density at radius 1 is 1.27 bits per heavy atom. The molecule has 0 fully saturated rings. The second-order valence-corrected chi connectivity index (χ2v) is 6.09. The molecular weight excluding hydrogens is 284 g/mol. The third kappa shape index (κ3) is 5.11. The van der Waals surface area contributed by atoms with Crippen LogP contribution >= 0.6 is 0 Å². The molecule has 0 heterocycles. The summed E-state index contributed by atoms with van der Waals surface area (Å²) in [6, 6.07) is 4.89. The van der Waals surface area contributed by atoms with Gasteiger partial charge in [-0.25, -0.2) is 4.79 Å². The molecule has 0 bridgehead atoms. The van der Waals surface area contributed by atoms with Crippen LogP contribution in [0.2, 0.25) is 0 Å². The van der Waals surface area contributed by atoms with Gasteiger partial charge in [0.05, 0.1) is 26.0 Å². The maximum Gasteiger partial charge on any atom is 0.319 e. The second kappa shape index (κ2) is 7.89. The van der Waals surface area contributed by atoms with E-state index in [4.69, 9.17) is 9.47 Å². The summed E-state index contributed by atoms with van der Waals surface area (Å²) in [6.07, 6.45) is 0.0192. The minimum Gasteiger partial charge on any atom is -0.493 e. The molecule has 0 unspecified atom stereocenters. The molecule has 1 rings (SSSR count). The van der Waals surface area contributed by atoms with Crippen molar-refractivity contribution in [3.63, 3.8) is 0 Å². The molecule has 6 heteroatoms. The summed E-state index contributed by atoms with van der Waals surface area (Å²) in [5.41, 5.74) is 0.324. The van der Waals surface area contributed by atoms with Crippen molar-refractivity contribution in [3.05, 3.63) is 18.2 Å². The SMILES string of the molecule is COc1cccc(NC(=O)NCC[C@@H](O)C(C)(C)C)c1OC. The molecule has 0 saturated heterocycles. The lowest BCUT2D eigenvalue weighted by Gasteiger charge is -2.25. The summed E-state index contributed by atoms with van der Waals surface area (Å²) in [6.45, 7) is 6.26. The minimum atomic E-state index is -0.473. The number of hydrogen-bond donors (Lipinski definition) is 3. The fourth-order valence-electron chi connectivity index (χ4n) is 1.91. The largest absolute Gasteiger partial charge is 0.493 e. The number of nitrogens with one attached hydrogen (secondary N) is 2. The number of carbonyl (C=O) groups is 1. The number of hydrogen-bond acceptors (Lipinski definition) is 4. The highest BCUT2D eigenvalue weighted by atomic mass is 16.5. The maximum absolute atomic E-state index is 11.9. The Labute approximate surface area is 131 Å². The van der Waals surface area contributed by atoms with E-state index in [-0.39, 0.29) is 11.4 Å². The molecule has 1 aromatic rings.